The molecule has 0 bridgehead atoms. The average Bonchev–Trinajstić information content (AvgIpc) is 3.22. The lowest BCUT2D eigenvalue weighted by molar-refractivity contribution is -0.115. The molecule has 3 amide bonds. The zero-order valence-corrected chi connectivity index (χ0v) is 12.3. The first-order chi connectivity index (χ1) is 10.0. The third kappa shape index (κ3) is 5.72. The molecule has 2 rings (SSSR count). The summed E-state index contributed by atoms with van der Waals surface area (Å²) in [7, 11) is 0. The van der Waals surface area contributed by atoms with Crippen LogP contribution in [-0.2, 0) is 4.79 Å². The summed E-state index contributed by atoms with van der Waals surface area (Å²) in [6.07, 6.45) is 2.15. The van der Waals surface area contributed by atoms with Gasteiger partial charge in [-0.25, -0.2) is 4.79 Å². The molecule has 0 saturated heterocycles. The Balaban J connectivity index is 1.72. The Hall–Kier alpha value is -2.24. The van der Waals surface area contributed by atoms with E-state index in [-0.39, 0.29) is 30.6 Å². The van der Waals surface area contributed by atoms with Gasteiger partial charge in [0.1, 0.15) is 5.75 Å². The molecule has 1 aliphatic rings. The van der Waals surface area contributed by atoms with Crippen LogP contribution in [-0.4, -0.2) is 30.6 Å². The van der Waals surface area contributed by atoms with Gasteiger partial charge >= 0.3 is 6.03 Å². The second-order valence-electron chi connectivity index (χ2n) is 5.34. The second kappa shape index (κ2) is 6.97. The summed E-state index contributed by atoms with van der Waals surface area (Å²) in [6, 6.07) is 7.10. The standard InChI is InChI=1S/C15H21N3O3/c1-10(2)21-13-7-5-11(6-8-13)17-14(19)9-16-15(20)18-12-3-4-12/h5-8,10,12H,3-4,9H2,1-2H3,(H,17,19)(H2,16,18,20). The van der Waals surface area contributed by atoms with Gasteiger partial charge in [-0.15, -0.1) is 0 Å². The topological polar surface area (TPSA) is 79.5 Å². The molecule has 114 valence electrons. The summed E-state index contributed by atoms with van der Waals surface area (Å²) in [5.74, 6) is 0.489. The number of anilines is 1. The molecule has 0 aromatic heterocycles. The smallest absolute Gasteiger partial charge is 0.315 e. The first-order valence-electron chi connectivity index (χ1n) is 7.14. The number of benzene rings is 1. The van der Waals surface area contributed by atoms with E-state index in [1.165, 1.54) is 0 Å². The fraction of sp³-hybridized carbons (Fsp3) is 0.467. The lowest BCUT2D eigenvalue weighted by Crippen LogP contribution is -2.40. The number of rotatable bonds is 6. The minimum absolute atomic E-state index is 0.0528. The van der Waals surface area contributed by atoms with E-state index in [2.05, 4.69) is 16.0 Å². The van der Waals surface area contributed by atoms with Crippen LogP contribution in [0.15, 0.2) is 24.3 Å². The highest BCUT2D eigenvalue weighted by molar-refractivity contribution is 5.94. The van der Waals surface area contributed by atoms with Crippen LogP contribution in [0, 0.1) is 0 Å². The first-order valence-corrected chi connectivity index (χ1v) is 7.14. The molecule has 1 aromatic rings. The third-order valence-electron chi connectivity index (χ3n) is 2.83. The van der Waals surface area contributed by atoms with Crippen LogP contribution in [0.1, 0.15) is 26.7 Å². The van der Waals surface area contributed by atoms with Crippen molar-refractivity contribution < 1.29 is 14.3 Å². The highest BCUT2D eigenvalue weighted by Crippen LogP contribution is 2.18. The number of hydrogen-bond acceptors (Lipinski definition) is 3. The van der Waals surface area contributed by atoms with Crippen molar-refractivity contribution in [3.05, 3.63) is 24.3 Å². The first kappa shape index (κ1) is 15.2. The SMILES string of the molecule is CC(C)Oc1ccc(NC(=O)CNC(=O)NC2CC2)cc1. The van der Waals surface area contributed by atoms with E-state index in [0.29, 0.717) is 5.69 Å². The summed E-state index contributed by atoms with van der Waals surface area (Å²) >= 11 is 0. The summed E-state index contributed by atoms with van der Waals surface area (Å²) < 4.78 is 5.52. The molecule has 0 radical (unpaired) electrons. The quantitative estimate of drug-likeness (QED) is 0.748. The number of carbonyl (C=O) groups excluding carboxylic acids is 2. The molecule has 1 aromatic carbocycles. The van der Waals surface area contributed by atoms with Crippen LogP contribution in [0.4, 0.5) is 10.5 Å². The molecule has 1 saturated carbocycles. The number of nitrogens with one attached hydrogen (secondary N) is 3. The van der Waals surface area contributed by atoms with Crippen LogP contribution in [0.3, 0.4) is 0 Å². The molecule has 0 unspecified atom stereocenters. The van der Waals surface area contributed by atoms with Gasteiger partial charge in [0, 0.05) is 11.7 Å². The molecular weight excluding hydrogens is 270 g/mol. The molecule has 6 heteroatoms. The van der Waals surface area contributed by atoms with Crippen molar-refractivity contribution in [2.75, 3.05) is 11.9 Å². The average molecular weight is 291 g/mol. The maximum absolute atomic E-state index is 11.7. The van der Waals surface area contributed by atoms with Gasteiger partial charge in [-0.3, -0.25) is 4.79 Å². The van der Waals surface area contributed by atoms with Gasteiger partial charge in [0.25, 0.3) is 0 Å². The van der Waals surface area contributed by atoms with Gasteiger partial charge in [-0.05, 0) is 51.0 Å². The normalized spacial score (nSPS) is 13.7. The number of hydrogen-bond donors (Lipinski definition) is 3. The Labute approximate surface area is 124 Å². The number of amides is 3. The highest BCUT2D eigenvalue weighted by Gasteiger charge is 2.23. The molecule has 6 nitrogen and oxygen atoms in total. The lowest BCUT2D eigenvalue weighted by Gasteiger charge is -2.11. The molecule has 0 aliphatic heterocycles. The van der Waals surface area contributed by atoms with Crippen molar-refractivity contribution in [1.82, 2.24) is 10.6 Å². The van der Waals surface area contributed by atoms with E-state index < -0.39 is 0 Å². The Kier molecular flexibility index (Phi) is 5.03. The van der Waals surface area contributed by atoms with Crippen LogP contribution >= 0.6 is 0 Å². The maximum Gasteiger partial charge on any atom is 0.315 e. The van der Waals surface area contributed by atoms with Gasteiger partial charge in [0.15, 0.2) is 0 Å². The second-order valence-corrected chi connectivity index (χ2v) is 5.34. The highest BCUT2D eigenvalue weighted by atomic mass is 16.5. The van der Waals surface area contributed by atoms with E-state index in [1.54, 1.807) is 24.3 Å². The summed E-state index contributed by atoms with van der Waals surface area (Å²) in [5, 5.41) is 7.99. The van der Waals surface area contributed by atoms with Crippen molar-refractivity contribution in [3.63, 3.8) is 0 Å². The fourth-order valence-corrected chi connectivity index (χ4v) is 1.72. The Morgan fingerprint density at radius 2 is 1.90 bits per heavy atom. The van der Waals surface area contributed by atoms with Crippen molar-refractivity contribution in [3.8, 4) is 5.75 Å². The Bertz CT molecular complexity index is 495. The number of ether oxygens (including phenoxy) is 1. The van der Waals surface area contributed by atoms with Crippen molar-refractivity contribution in [2.45, 2.75) is 38.8 Å². The molecule has 1 aliphatic carbocycles. The number of carbonyl (C=O) groups is 2. The molecule has 0 heterocycles. The monoisotopic (exact) mass is 291 g/mol. The molecule has 0 atom stereocenters. The summed E-state index contributed by atoms with van der Waals surface area (Å²) in [5.41, 5.74) is 0.667. The largest absolute Gasteiger partial charge is 0.491 e. The fourth-order valence-electron chi connectivity index (χ4n) is 1.72. The van der Waals surface area contributed by atoms with Gasteiger partial charge in [-0.2, -0.15) is 0 Å². The van der Waals surface area contributed by atoms with E-state index in [0.717, 1.165) is 18.6 Å². The molecule has 0 spiro atoms. The van der Waals surface area contributed by atoms with Crippen LogP contribution in [0.25, 0.3) is 0 Å². The predicted molar refractivity (Wildman–Crippen MR) is 80.4 cm³/mol. The van der Waals surface area contributed by atoms with E-state index in [1.807, 2.05) is 13.8 Å². The van der Waals surface area contributed by atoms with E-state index in [9.17, 15) is 9.59 Å². The van der Waals surface area contributed by atoms with Crippen molar-refractivity contribution in [2.24, 2.45) is 0 Å². The van der Waals surface area contributed by atoms with Crippen LogP contribution in [0.5, 0.6) is 5.75 Å². The Morgan fingerprint density at radius 3 is 2.48 bits per heavy atom. The molecule has 1 fully saturated rings. The zero-order chi connectivity index (χ0) is 15.2. The van der Waals surface area contributed by atoms with Gasteiger partial charge in [0.05, 0.1) is 12.6 Å². The van der Waals surface area contributed by atoms with Gasteiger partial charge < -0.3 is 20.7 Å². The molecule has 21 heavy (non-hydrogen) atoms. The van der Waals surface area contributed by atoms with E-state index in [4.69, 9.17) is 4.74 Å². The molecule has 3 N–H and O–H groups in total. The van der Waals surface area contributed by atoms with Gasteiger partial charge in [-0.1, -0.05) is 0 Å². The summed E-state index contributed by atoms with van der Waals surface area (Å²) in [6.45, 7) is 3.85. The zero-order valence-electron chi connectivity index (χ0n) is 12.3. The molecular formula is C15H21N3O3. The minimum Gasteiger partial charge on any atom is -0.491 e. The third-order valence-corrected chi connectivity index (χ3v) is 2.83. The van der Waals surface area contributed by atoms with Crippen LogP contribution in [0.2, 0.25) is 0 Å². The maximum atomic E-state index is 11.7. The van der Waals surface area contributed by atoms with Crippen molar-refractivity contribution >= 4 is 17.6 Å². The Morgan fingerprint density at radius 1 is 1.24 bits per heavy atom. The van der Waals surface area contributed by atoms with Crippen molar-refractivity contribution in [1.29, 1.82) is 0 Å². The lowest BCUT2D eigenvalue weighted by atomic mass is 10.3. The predicted octanol–water partition coefficient (Wildman–Crippen LogP) is 1.87. The number of urea groups is 1. The summed E-state index contributed by atoms with van der Waals surface area (Å²) in [4.78, 5) is 23.1. The van der Waals surface area contributed by atoms with E-state index >= 15 is 0 Å². The minimum atomic E-state index is -0.298. The van der Waals surface area contributed by atoms with Crippen LogP contribution < -0.4 is 20.7 Å². The van der Waals surface area contributed by atoms with Gasteiger partial charge in [0.2, 0.25) is 5.91 Å².